The third-order valence-electron chi connectivity index (χ3n) is 2.86. The van der Waals surface area contributed by atoms with Gasteiger partial charge < -0.3 is 15.2 Å². The van der Waals surface area contributed by atoms with Crippen LogP contribution in [0.3, 0.4) is 0 Å². The molecule has 1 aliphatic heterocycles. The van der Waals surface area contributed by atoms with Gasteiger partial charge in [0.05, 0.1) is 25.4 Å². The van der Waals surface area contributed by atoms with E-state index in [1.54, 1.807) is 0 Å². The monoisotopic (exact) mass is 308 g/mol. The minimum absolute atomic E-state index is 0.0121. The molecule has 1 rings (SSSR count). The average Bonchev–Trinajstić information content (AvgIpc) is 2.42. The summed E-state index contributed by atoms with van der Waals surface area (Å²) in [4.78, 5) is 22.4. The molecule has 2 N–H and O–H groups in total. The van der Waals surface area contributed by atoms with Gasteiger partial charge in [0.1, 0.15) is 6.04 Å². The lowest BCUT2D eigenvalue weighted by Gasteiger charge is -2.33. The summed E-state index contributed by atoms with van der Waals surface area (Å²) < 4.78 is 30.4. The molecular weight excluding hydrogens is 288 g/mol. The number of hydrogen-bond donors (Lipinski definition) is 2. The van der Waals surface area contributed by atoms with Crippen molar-refractivity contribution in [2.75, 3.05) is 32.1 Å². The van der Waals surface area contributed by atoms with E-state index in [9.17, 15) is 18.0 Å². The quantitative estimate of drug-likeness (QED) is 0.625. The highest BCUT2D eigenvalue weighted by Crippen LogP contribution is 2.14. The summed E-state index contributed by atoms with van der Waals surface area (Å²) >= 11 is 0. The number of morpholine rings is 1. The van der Waals surface area contributed by atoms with E-state index in [-0.39, 0.29) is 19.8 Å². The maximum Gasteiger partial charge on any atom is 0.304 e. The van der Waals surface area contributed by atoms with Gasteiger partial charge in [0.25, 0.3) is 0 Å². The first-order chi connectivity index (χ1) is 9.38. The Labute approximate surface area is 118 Å². The Morgan fingerprint density at radius 2 is 2.15 bits per heavy atom. The Balaban J connectivity index is 2.77. The number of hydrogen-bond acceptors (Lipinski definition) is 5. The summed E-state index contributed by atoms with van der Waals surface area (Å²) in [5.74, 6) is -2.11. The SMILES string of the molecule is CCCNC(=O)C1COCCN1S(=O)(=O)CCC(=O)O. The lowest BCUT2D eigenvalue weighted by Crippen LogP contribution is -2.56. The summed E-state index contributed by atoms with van der Waals surface area (Å²) in [6.45, 7) is 2.59. The molecule has 8 nitrogen and oxygen atoms in total. The zero-order valence-electron chi connectivity index (χ0n) is 11.4. The predicted octanol–water partition coefficient (Wildman–Crippen LogP) is -0.982. The van der Waals surface area contributed by atoms with Crippen LogP contribution in [0.15, 0.2) is 0 Å². The van der Waals surface area contributed by atoms with Crippen molar-refractivity contribution >= 4 is 21.9 Å². The lowest BCUT2D eigenvalue weighted by molar-refractivity contribution is -0.136. The second-order valence-corrected chi connectivity index (χ2v) is 6.49. The number of aliphatic carboxylic acids is 1. The molecule has 0 aromatic carbocycles. The van der Waals surface area contributed by atoms with Gasteiger partial charge in [0, 0.05) is 13.1 Å². The fraction of sp³-hybridized carbons (Fsp3) is 0.818. The first kappa shape index (κ1) is 16.9. The Kier molecular flexibility index (Phi) is 6.37. The van der Waals surface area contributed by atoms with Crippen molar-refractivity contribution in [3.8, 4) is 0 Å². The molecule has 20 heavy (non-hydrogen) atoms. The highest BCUT2D eigenvalue weighted by Gasteiger charge is 2.37. The van der Waals surface area contributed by atoms with Crippen molar-refractivity contribution in [2.45, 2.75) is 25.8 Å². The number of amides is 1. The van der Waals surface area contributed by atoms with Crippen molar-refractivity contribution in [1.29, 1.82) is 0 Å². The minimum Gasteiger partial charge on any atom is -0.481 e. The van der Waals surface area contributed by atoms with E-state index in [0.717, 1.165) is 10.7 Å². The first-order valence-corrected chi connectivity index (χ1v) is 8.06. The predicted molar refractivity (Wildman–Crippen MR) is 70.7 cm³/mol. The van der Waals surface area contributed by atoms with Gasteiger partial charge in [-0.2, -0.15) is 4.31 Å². The zero-order valence-corrected chi connectivity index (χ0v) is 12.2. The highest BCUT2D eigenvalue weighted by atomic mass is 32.2. The van der Waals surface area contributed by atoms with Crippen molar-refractivity contribution in [1.82, 2.24) is 9.62 Å². The molecule has 1 aliphatic rings. The zero-order chi connectivity index (χ0) is 15.2. The first-order valence-electron chi connectivity index (χ1n) is 6.45. The van der Waals surface area contributed by atoms with Gasteiger partial charge in [-0.3, -0.25) is 9.59 Å². The Bertz CT molecular complexity index is 450. The van der Waals surface area contributed by atoms with Gasteiger partial charge in [0.2, 0.25) is 15.9 Å². The molecule has 116 valence electrons. The average molecular weight is 308 g/mol. The van der Waals surface area contributed by atoms with Crippen LogP contribution in [0, 0.1) is 0 Å². The Morgan fingerprint density at radius 3 is 2.75 bits per heavy atom. The molecule has 1 amide bonds. The van der Waals surface area contributed by atoms with Crippen LogP contribution in [0.1, 0.15) is 19.8 Å². The fourth-order valence-electron chi connectivity index (χ4n) is 1.83. The summed E-state index contributed by atoms with van der Waals surface area (Å²) in [5.41, 5.74) is 0. The number of nitrogens with one attached hydrogen (secondary N) is 1. The van der Waals surface area contributed by atoms with E-state index in [4.69, 9.17) is 9.84 Å². The van der Waals surface area contributed by atoms with Crippen LogP contribution in [0.4, 0.5) is 0 Å². The summed E-state index contributed by atoms with van der Waals surface area (Å²) in [6.07, 6.45) is 0.258. The number of nitrogens with zero attached hydrogens (tertiary/aromatic N) is 1. The molecule has 0 aromatic rings. The second-order valence-electron chi connectivity index (χ2n) is 4.45. The molecule has 1 atom stereocenters. The minimum atomic E-state index is -3.79. The summed E-state index contributed by atoms with van der Waals surface area (Å²) in [5, 5.41) is 11.2. The van der Waals surface area contributed by atoms with Crippen molar-refractivity contribution in [2.24, 2.45) is 0 Å². The molecule has 1 heterocycles. The van der Waals surface area contributed by atoms with Crippen LogP contribution in [0.5, 0.6) is 0 Å². The lowest BCUT2D eigenvalue weighted by atomic mass is 10.2. The maximum absolute atomic E-state index is 12.1. The van der Waals surface area contributed by atoms with Gasteiger partial charge in [-0.15, -0.1) is 0 Å². The highest BCUT2D eigenvalue weighted by molar-refractivity contribution is 7.89. The van der Waals surface area contributed by atoms with Crippen LogP contribution in [0.25, 0.3) is 0 Å². The van der Waals surface area contributed by atoms with Crippen molar-refractivity contribution in [3.63, 3.8) is 0 Å². The van der Waals surface area contributed by atoms with E-state index < -0.39 is 40.1 Å². The molecule has 0 radical (unpaired) electrons. The van der Waals surface area contributed by atoms with Crippen LogP contribution < -0.4 is 5.32 Å². The number of carbonyl (C=O) groups excluding carboxylic acids is 1. The van der Waals surface area contributed by atoms with E-state index in [2.05, 4.69) is 5.32 Å². The van der Waals surface area contributed by atoms with Crippen molar-refractivity contribution < 1.29 is 27.9 Å². The number of sulfonamides is 1. The van der Waals surface area contributed by atoms with E-state index in [0.29, 0.717) is 6.54 Å². The standard InChI is InChI=1S/C11H20N2O6S/c1-2-4-12-11(16)9-8-19-6-5-13(9)20(17,18)7-3-10(14)15/h9H,2-8H2,1H3,(H,12,16)(H,14,15). The van der Waals surface area contributed by atoms with Gasteiger partial charge in [-0.1, -0.05) is 6.92 Å². The molecule has 9 heteroatoms. The molecule has 0 aromatic heterocycles. The molecule has 1 unspecified atom stereocenters. The molecular formula is C11H20N2O6S. The summed E-state index contributed by atoms with van der Waals surface area (Å²) in [7, 11) is -3.79. The van der Waals surface area contributed by atoms with E-state index >= 15 is 0 Å². The number of ether oxygens (including phenoxy) is 1. The molecule has 1 fully saturated rings. The van der Waals surface area contributed by atoms with Crippen LogP contribution >= 0.6 is 0 Å². The number of carbonyl (C=O) groups is 2. The molecule has 1 saturated heterocycles. The number of carboxylic acid groups (broad SMARTS) is 1. The summed E-state index contributed by atoms with van der Waals surface area (Å²) in [6, 6.07) is -0.922. The Morgan fingerprint density at radius 1 is 1.45 bits per heavy atom. The number of rotatable bonds is 7. The van der Waals surface area contributed by atoms with Crippen molar-refractivity contribution in [3.05, 3.63) is 0 Å². The smallest absolute Gasteiger partial charge is 0.304 e. The van der Waals surface area contributed by atoms with Crippen LogP contribution in [-0.2, 0) is 24.3 Å². The number of carboxylic acids is 1. The third-order valence-corrected chi connectivity index (χ3v) is 4.73. The van der Waals surface area contributed by atoms with Gasteiger partial charge >= 0.3 is 5.97 Å². The van der Waals surface area contributed by atoms with Gasteiger partial charge in [-0.25, -0.2) is 8.42 Å². The Hall–Kier alpha value is -1.19. The maximum atomic E-state index is 12.1. The normalized spacial score (nSPS) is 20.6. The topological polar surface area (TPSA) is 113 Å². The second kappa shape index (κ2) is 7.55. The third kappa shape index (κ3) is 4.73. The van der Waals surface area contributed by atoms with Gasteiger partial charge in [0.15, 0.2) is 0 Å². The fourth-order valence-corrected chi connectivity index (χ4v) is 3.39. The van der Waals surface area contributed by atoms with E-state index in [1.165, 1.54) is 0 Å². The molecule has 0 bridgehead atoms. The van der Waals surface area contributed by atoms with Gasteiger partial charge in [-0.05, 0) is 6.42 Å². The van der Waals surface area contributed by atoms with E-state index in [1.807, 2.05) is 6.92 Å². The van der Waals surface area contributed by atoms with Crippen LogP contribution in [0.2, 0.25) is 0 Å². The largest absolute Gasteiger partial charge is 0.481 e. The molecule has 0 spiro atoms. The molecule has 0 saturated carbocycles. The van der Waals surface area contributed by atoms with Crippen LogP contribution in [-0.4, -0.2) is 67.8 Å². The molecule has 0 aliphatic carbocycles.